The molecule has 3 aromatic rings. The van der Waals surface area contributed by atoms with E-state index in [1.54, 1.807) is 7.11 Å². The molecule has 0 radical (unpaired) electrons. The Hall–Kier alpha value is -3.09. The first-order valence-electron chi connectivity index (χ1n) is 11.5. The van der Waals surface area contributed by atoms with Crippen molar-refractivity contribution in [1.29, 1.82) is 0 Å². The topological polar surface area (TPSA) is 59.8 Å². The zero-order valence-corrected chi connectivity index (χ0v) is 19.9. The third-order valence-electron chi connectivity index (χ3n) is 5.49. The van der Waals surface area contributed by atoms with Gasteiger partial charge in [0, 0.05) is 19.2 Å². The van der Waals surface area contributed by atoms with Gasteiger partial charge in [0.15, 0.2) is 0 Å². The predicted octanol–water partition coefficient (Wildman–Crippen LogP) is 5.52. The van der Waals surface area contributed by atoms with E-state index >= 15 is 0 Å². The summed E-state index contributed by atoms with van der Waals surface area (Å²) in [6.45, 7) is 10.0. The quantitative estimate of drug-likeness (QED) is 0.348. The molecule has 1 N–H and O–H groups in total. The van der Waals surface area contributed by atoms with Gasteiger partial charge in [0.2, 0.25) is 5.88 Å². The van der Waals surface area contributed by atoms with Gasteiger partial charge in [-0.2, -0.15) is 5.10 Å². The minimum Gasteiger partial charge on any atom is -0.497 e. The fourth-order valence-corrected chi connectivity index (χ4v) is 3.82. The number of aryl methyl sites for hydroxylation is 1. The molecule has 6 nitrogen and oxygen atoms in total. The first kappa shape index (κ1) is 24.6. The Morgan fingerprint density at radius 1 is 1.15 bits per heavy atom. The summed E-state index contributed by atoms with van der Waals surface area (Å²) in [7, 11) is 1.64. The van der Waals surface area contributed by atoms with Crippen LogP contribution in [-0.4, -0.2) is 46.1 Å². The fourth-order valence-electron chi connectivity index (χ4n) is 3.82. The van der Waals surface area contributed by atoms with Crippen LogP contribution in [-0.2, 0) is 6.54 Å². The predicted molar refractivity (Wildman–Crippen MR) is 132 cm³/mol. The summed E-state index contributed by atoms with van der Waals surface area (Å²) in [5.41, 5.74) is 2.84. The van der Waals surface area contributed by atoms with Crippen molar-refractivity contribution >= 4 is 0 Å². The molecular formula is C27H35N3O3. The molecule has 0 aliphatic heterocycles. The van der Waals surface area contributed by atoms with E-state index in [1.165, 1.54) is 0 Å². The molecule has 0 saturated heterocycles. The second kappa shape index (κ2) is 12.2. The summed E-state index contributed by atoms with van der Waals surface area (Å²) >= 11 is 0. The smallest absolute Gasteiger partial charge is 0.227 e. The lowest BCUT2D eigenvalue weighted by molar-refractivity contribution is 0.102. The molecule has 0 aliphatic rings. The SMILES string of the molecule is C=CCCC(O)CN(CCC)Cc1c(C)nn(-c2ccccc2)c1Oc1cccc(OC)c1. The number of aromatic nitrogens is 2. The summed E-state index contributed by atoms with van der Waals surface area (Å²) in [6, 6.07) is 17.6. The molecule has 0 aliphatic carbocycles. The molecule has 1 atom stereocenters. The van der Waals surface area contributed by atoms with Crippen LogP contribution in [0.5, 0.6) is 17.4 Å². The second-order valence-electron chi connectivity index (χ2n) is 8.15. The van der Waals surface area contributed by atoms with Crippen LogP contribution in [0.25, 0.3) is 5.69 Å². The van der Waals surface area contributed by atoms with Gasteiger partial charge in [-0.05, 0) is 57.0 Å². The Kier molecular flexibility index (Phi) is 9.10. The van der Waals surface area contributed by atoms with Gasteiger partial charge in [0.1, 0.15) is 11.5 Å². The van der Waals surface area contributed by atoms with Crippen LogP contribution < -0.4 is 9.47 Å². The van der Waals surface area contributed by atoms with Crippen LogP contribution in [0.15, 0.2) is 67.3 Å². The van der Waals surface area contributed by atoms with Crippen molar-refractivity contribution in [3.8, 4) is 23.1 Å². The summed E-state index contributed by atoms with van der Waals surface area (Å²) in [4.78, 5) is 2.27. The normalized spacial score (nSPS) is 12.0. The number of methoxy groups -OCH3 is 1. The molecule has 0 fully saturated rings. The lowest BCUT2D eigenvalue weighted by atomic mass is 10.1. The minimum atomic E-state index is -0.401. The molecular weight excluding hydrogens is 414 g/mol. The zero-order valence-electron chi connectivity index (χ0n) is 19.9. The molecule has 2 aromatic carbocycles. The van der Waals surface area contributed by atoms with E-state index < -0.39 is 6.10 Å². The average molecular weight is 450 g/mol. The van der Waals surface area contributed by atoms with E-state index in [0.717, 1.165) is 42.1 Å². The maximum atomic E-state index is 10.5. The number of aliphatic hydroxyl groups is 1. The number of rotatable bonds is 13. The largest absolute Gasteiger partial charge is 0.497 e. The van der Waals surface area contributed by atoms with Gasteiger partial charge in [-0.3, -0.25) is 4.90 Å². The van der Waals surface area contributed by atoms with Gasteiger partial charge in [-0.25, -0.2) is 4.68 Å². The first-order valence-corrected chi connectivity index (χ1v) is 11.5. The van der Waals surface area contributed by atoms with Crippen LogP contribution in [0.3, 0.4) is 0 Å². The third-order valence-corrected chi connectivity index (χ3v) is 5.49. The highest BCUT2D eigenvalue weighted by Gasteiger charge is 2.22. The Labute approximate surface area is 197 Å². The average Bonchev–Trinajstić information content (AvgIpc) is 3.13. The van der Waals surface area contributed by atoms with E-state index in [4.69, 9.17) is 14.6 Å². The number of aliphatic hydroxyl groups excluding tert-OH is 1. The van der Waals surface area contributed by atoms with Crippen molar-refractivity contribution < 1.29 is 14.6 Å². The van der Waals surface area contributed by atoms with Crippen LogP contribution in [0.2, 0.25) is 0 Å². The third kappa shape index (κ3) is 6.70. The van der Waals surface area contributed by atoms with Crippen LogP contribution in [0.4, 0.5) is 0 Å². The molecule has 33 heavy (non-hydrogen) atoms. The molecule has 6 heteroatoms. The fraction of sp³-hybridized carbons (Fsp3) is 0.370. The summed E-state index contributed by atoms with van der Waals surface area (Å²) < 4.78 is 13.6. The molecule has 176 valence electrons. The molecule has 1 heterocycles. The standard InChI is InChI=1S/C27H35N3O3/c1-5-7-14-23(31)19-29(17-6-2)20-26-21(3)28-30(22-12-9-8-10-13-22)27(26)33-25-16-11-15-24(18-25)32-4/h5,8-13,15-16,18,23,31H,1,6-7,14,17,19-20H2,2-4H3. The van der Waals surface area contributed by atoms with E-state index in [2.05, 4.69) is 18.4 Å². The van der Waals surface area contributed by atoms with Crippen molar-refractivity contribution in [1.82, 2.24) is 14.7 Å². The highest BCUT2D eigenvalue weighted by Crippen LogP contribution is 2.33. The van der Waals surface area contributed by atoms with Gasteiger partial charge < -0.3 is 14.6 Å². The molecule has 0 saturated carbocycles. The van der Waals surface area contributed by atoms with Gasteiger partial charge in [0.05, 0.1) is 30.2 Å². The van der Waals surface area contributed by atoms with Gasteiger partial charge >= 0.3 is 0 Å². The van der Waals surface area contributed by atoms with Crippen molar-refractivity contribution in [3.05, 3.63) is 78.5 Å². The Bertz CT molecular complexity index is 1020. The maximum absolute atomic E-state index is 10.5. The van der Waals surface area contributed by atoms with Gasteiger partial charge in [0.25, 0.3) is 0 Å². The Morgan fingerprint density at radius 2 is 1.91 bits per heavy atom. The number of allylic oxidation sites excluding steroid dienone is 1. The molecule has 0 spiro atoms. The Balaban J connectivity index is 1.96. The van der Waals surface area contributed by atoms with Crippen LogP contribution in [0, 0.1) is 6.92 Å². The summed E-state index contributed by atoms with van der Waals surface area (Å²) in [5.74, 6) is 2.09. The highest BCUT2D eigenvalue weighted by atomic mass is 16.5. The number of ether oxygens (including phenoxy) is 2. The number of para-hydroxylation sites is 1. The van der Waals surface area contributed by atoms with E-state index in [9.17, 15) is 5.11 Å². The van der Waals surface area contributed by atoms with E-state index in [0.29, 0.717) is 31.1 Å². The second-order valence-corrected chi connectivity index (χ2v) is 8.15. The van der Waals surface area contributed by atoms with Crippen molar-refractivity contribution in [2.75, 3.05) is 20.2 Å². The lowest BCUT2D eigenvalue weighted by Gasteiger charge is -2.25. The first-order chi connectivity index (χ1) is 16.0. The van der Waals surface area contributed by atoms with Crippen molar-refractivity contribution in [3.63, 3.8) is 0 Å². The van der Waals surface area contributed by atoms with Crippen molar-refractivity contribution in [2.24, 2.45) is 0 Å². The summed E-state index contributed by atoms with van der Waals surface area (Å²) in [6.07, 6.45) is 3.95. The van der Waals surface area contributed by atoms with Crippen LogP contribution >= 0.6 is 0 Å². The zero-order chi connectivity index (χ0) is 23.6. The van der Waals surface area contributed by atoms with Gasteiger partial charge in [-0.15, -0.1) is 6.58 Å². The number of hydrogen-bond donors (Lipinski definition) is 1. The maximum Gasteiger partial charge on any atom is 0.227 e. The monoisotopic (exact) mass is 449 g/mol. The molecule has 0 bridgehead atoms. The van der Waals surface area contributed by atoms with Gasteiger partial charge in [-0.1, -0.05) is 37.3 Å². The lowest BCUT2D eigenvalue weighted by Crippen LogP contribution is -2.33. The van der Waals surface area contributed by atoms with E-state index in [1.807, 2.05) is 72.3 Å². The Morgan fingerprint density at radius 3 is 2.61 bits per heavy atom. The van der Waals surface area contributed by atoms with Crippen molar-refractivity contribution in [2.45, 2.75) is 45.8 Å². The summed E-state index contributed by atoms with van der Waals surface area (Å²) in [5, 5.41) is 15.3. The molecule has 1 aromatic heterocycles. The number of nitrogens with zero attached hydrogens (tertiary/aromatic N) is 3. The molecule has 3 rings (SSSR count). The number of benzene rings is 2. The van der Waals surface area contributed by atoms with Crippen LogP contribution in [0.1, 0.15) is 37.4 Å². The molecule has 1 unspecified atom stereocenters. The number of hydrogen-bond acceptors (Lipinski definition) is 5. The minimum absolute atomic E-state index is 0.401. The van der Waals surface area contributed by atoms with E-state index in [-0.39, 0.29) is 0 Å². The highest BCUT2D eigenvalue weighted by molar-refractivity contribution is 5.44. The molecule has 0 amide bonds.